The van der Waals surface area contributed by atoms with Gasteiger partial charge < -0.3 is 5.32 Å². The first-order valence-electron chi connectivity index (χ1n) is 8.71. The molecule has 28 heavy (non-hydrogen) atoms. The van der Waals surface area contributed by atoms with E-state index in [4.69, 9.17) is 0 Å². The molecule has 0 radical (unpaired) electrons. The highest BCUT2D eigenvalue weighted by Crippen LogP contribution is 2.41. The van der Waals surface area contributed by atoms with Crippen molar-refractivity contribution in [1.82, 2.24) is 14.8 Å². The maximum atomic E-state index is 13.7. The van der Waals surface area contributed by atoms with Gasteiger partial charge in [-0.15, -0.1) is 0 Å². The third kappa shape index (κ3) is 2.75. The number of rotatable bonds is 2. The monoisotopic (exact) mass is 456 g/mol. The lowest BCUT2D eigenvalue weighted by Crippen LogP contribution is -2.25. The van der Waals surface area contributed by atoms with Gasteiger partial charge in [0.15, 0.2) is 0 Å². The number of thiazole rings is 1. The zero-order chi connectivity index (χ0) is 19.4. The Morgan fingerprint density at radius 1 is 1.29 bits per heavy atom. The van der Waals surface area contributed by atoms with Gasteiger partial charge in [0, 0.05) is 17.9 Å². The Hall–Kier alpha value is -2.58. The summed E-state index contributed by atoms with van der Waals surface area (Å²) in [6.45, 7) is 1.92. The van der Waals surface area contributed by atoms with Crippen molar-refractivity contribution >= 4 is 49.2 Å². The quantitative estimate of drug-likeness (QED) is 0.452. The van der Waals surface area contributed by atoms with Crippen molar-refractivity contribution in [2.75, 3.05) is 5.32 Å². The number of anilines is 1. The second-order valence-electron chi connectivity index (χ2n) is 6.70. The molecule has 0 saturated carbocycles. The smallest absolute Gasteiger partial charge is 0.226 e. The summed E-state index contributed by atoms with van der Waals surface area (Å²) in [4.78, 5) is 17.1. The molecule has 8 heteroatoms. The zero-order valence-electron chi connectivity index (χ0n) is 14.7. The molecule has 5 nitrogen and oxygen atoms in total. The van der Waals surface area contributed by atoms with Crippen LogP contribution >= 0.6 is 27.3 Å². The zero-order valence-corrected chi connectivity index (χ0v) is 17.1. The standard InChI is InChI=1S/C20H14BrFN4OS/c1-10-18-12(11-6-7-14(22)13(21)8-11)9-17(27)24-19(18)26(25-10)20-23-15-4-2-3-5-16(15)28-20/h2-8,12H,9H2,1H3,(H,24,27)/t12-/m0/s1. The highest BCUT2D eigenvalue weighted by molar-refractivity contribution is 9.10. The summed E-state index contributed by atoms with van der Waals surface area (Å²) in [5, 5.41) is 8.33. The number of amides is 1. The SMILES string of the molecule is Cc1nn(-c2nc3ccccc3s2)c2c1[C@H](c1ccc(F)c(Br)c1)CC(=O)N2. The molecule has 1 aliphatic rings. The van der Waals surface area contributed by atoms with Crippen LogP contribution in [0.15, 0.2) is 46.9 Å². The van der Waals surface area contributed by atoms with E-state index in [1.54, 1.807) is 16.8 Å². The fourth-order valence-electron chi connectivity index (χ4n) is 3.65. The summed E-state index contributed by atoms with van der Waals surface area (Å²) >= 11 is 4.76. The minimum Gasteiger partial charge on any atom is -0.310 e. The Kier molecular flexibility index (Phi) is 4.06. The number of para-hydroxylation sites is 1. The van der Waals surface area contributed by atoms with Gasteiger partial charge in [-0.1, -0.05) is 29.5 Å². The number of halogens is 2. The van der Waals surface area contributed by atoms with Crippen LogP contribution in [0.25, 0.3) is 15.3 Å². The third-order valence-corrected chi connectivity index (χ3v) is 6.53. The number of nitrogens with zero attached hydrogens (tertiary/aromatic N) is 3. The highest BCUT2D eigenvalue weighted by Gasteiger charge is 2.33. The Bertz CT molecular complexity index is 1220. The molecule has 0 unspecified atom stereocenters. The maximum Gasteiger partial charge on any atom is 0.226 e. The number of hydrogen-bond donors (Lipinski definition) is 1. The van der Waals surface area contributed by atoms with Gasteiger partial charge in [0.2, 0.25) is 11.0 Å². The Balaban J connectivity index is 1.68. The third-order valence-electron chi connectivity index (χ3n) is 4.91. The van der Waals surface area contributed by atoms with Crippen LogP contribution in [-0.2, 0) is 4.79 Å². The first-order chi connectivity index (χ1) is 13.5. The summed E-state index contributed by atoms with van der Waals surface area (Å²) in [6, 6.07) is 12.8. The van der Waals surface area contributed by atoms with Crippen LogP contribution in [0.5, 0.6) is 0 Å². The number of hydrogen-bond acceptors (Lipinski definition) is 4. The first-order valence-corrected chi connectivity index (χ1v) is 10.3. The van der Waals surface area contributed by atoms with Crippen molar-refractivity contribution in [1.29, 1.82) is 0 Å². The van der Waals surface area contributed by atoms with Crippen LogP contribution in [-0.4, -0.2) is 20.7 Å². The van der Waals surface area contributed by atoms with Crippen molar-refractivity contribution in [3.63, 3.8) is 0 Å². The molecule has 1 aliphatic heterocycles. The average Bonchev–Trinajstić information content (AvgIpc) is 3.24. The fourth-order valence-corrected chi connectivity index (χ4v) is 4.97. The van der Waals surface area contributed by atoms with E-state index >= 15 is 0 Å². The molecule has 0 spiro atoms. The number of aryl methyl sites for hydroxylation is 1. The average molecular weight is 457 g/mol. The molecule has 140 valence electrons. The molecule has 0 aliphatic carbocycles. The predicted octanol–water partition coefficient (Wildman–Crippen LogP) is 5.17. The van der Waals surface area contributed by atoms with E-state index in [0.29, 0.717) is 15.4 Å². The van der Waals surface area contributed by atoms with E-state index in [9.17, 15) is 9.18 Å². The Labute approximate surface area is 172 Å². The number of carbonyl (C=O) groups excluding carboxylic acids is 1. The molecule has 1 amide bonds. The number of fused-ring (bicyclic) bond motifs is 2. The van der Waals surface area contributed by atoms with Gasteiger partial charge in [-0.05, 0) is 52.7 Å². The highest BCUT2D eigenvalue weighted by atomic mass is 79.9. The van der Waals surface area contributed by atoms with Gasteiger partial charge in [-0.3, -0.25) is 4.79 Å². The minimum atomic E-state index is -0.328. The first kappa shape index (κ1) is 17.5. The molecule has 1 N–H and O–H groups in total. The van der Waals surface area contributed by atoms with Gasteiger partial charge >= 0.3 is 0 Å². The molecular formula is C20H14BrFN4OS. The van der Waals surface area contributed by atoms with Crippen molar-refractivity contribution in [2.45, 2.75) is 19.3 Å². The van der Waals surface area contributed by atoms with Gasteiger partial charge in [0.25, 0.3) is 0 Å². The van der Waals surface area contributed by atoms with Gasteiger partial charge in [-0.25, -0.2) is 9.37 Å². The summed E-state index contributed by atoms with van der Waals surface area (Å²) in [5.41, 5.74) is 3.53. The van der Waals surface area contributed by atoms with E-state index in [-0.39, 0.29) is 24.1 Å². The second-order valence-corrected chi connectivity index (χ2v) is 8.57. The molecule has 0 fully saturated rings. The molecule has 0 saturated heterocycles. The van der Waals surface area contributed by atoms with Crippen molar-refractivity contribution in [3.8, 4) is 5.13 Å². The van der Waals surface area contributed by atoms with Crippen molar-refractivity contribution in [2.24, 2.45) is 0 Å². The van der Waals surface area contributed by atoms with Crippen molar-refractivity contribution in [3.05, 3.63) is 69.6 Å². The Morgan fingerprint density at radius 3 is 2.89 bits per heavy atom. The predicted molar refractivity (Wildman–Crippen MR) is 111 cm³/mol. The van der Waals surface area contributed by atoms with Crippen LogP contribution in [0, 0.1) is 12.7 Å². The van der Waals surface area contributed by atoms with E-state index in [1.165, 1.54) is 17.4 Å². The van der Waals surface area contributed by atoms with Crippen molar-refractivity contribution < 1.29 is 9.18 Å². The number of carbonyl (C=O) groups is 1. The number of benzene rings is 2. The molecule has 1 atom stereocenters. The van der Waals surface area contributed by atoms with Crippen LogP contribution < -0.4 is 5.32 Å². The molecular weight excluding hydrogens is 443 g/mol. The van der Waals surface area contributed by atoms with Crippen LogP contribution in [0.4, 0.5) is 10.2 Å². The second kappa shape index (κ2) is 6.49. The summed E-state index contributed by atoms with van der Waals surface area (Å²) < 4.78 is 16.8. The normalized spacial score (nSPS) is 16.2. The molecule has 5 rings (SSSR count). The molecule has 4 aromatic rings. The van der Waals surface area contributed by atoms with Gasteiger partial charge in [-0.2, -0.15) is 9.78 Å². The number of nitrogens with one attached hydrogen (secondary N) is 1. The molecule has 3 heterocycles. The van der Waals surface area contributed by atoms with Crippen LogP contribution in [0.2, 0.25) is 0 Å². The summed E-state index contributed by atoms with van der Waals surface area (Å²) in [5.74, 6) is 0.0216. The molecule has 2 aromatic carbocycles. The summed E-state index contributed by atoms with van der Waals surface area (Å²) in [6.07, 6.45) is 0.289. The van der Waals surface area contributed by atoms with E-state index in [0.717, 1.165) is 27.0 Å². The van der Waals surface area contributed by atoms with E-state index < -0.39 is 0 Å². The number of aromatic nitrogens is 3. The lowest BCUT2D eigenvalue weighted by molar-refractivity contribution is -0.116. The van der Waals surface area contributed by atoms with Gasteiger partial charge in [0.05, 0.1) is 20.4 Å². The fraction of sp³-hybridized carbons (Fsp3) is 0.150. The summed E-state index contributed by atoms with van der Waals surface area (Å²) in [7, 11) is 0. The molecule has 2 aromatic heterocycles. The topological polar surface area (TPSA) is 59.8 Å². The Morgan fingerprint density at radius 2 is 2.11 bits per heavy atom. The van der Waals surface area contributed by atoms with E-state index in [1.807, 2.05) is 31.2 Å². The lowest BCUT2D eigenvalue weighted by atomic mass is 9.86. The van der Waals surface area contributed by atoms with E-state index in [2.05, 4.69) is 31.3 Å². The van der Waals surface area contributed by atoms with Gasteiger partial charge in [0.1, 0.15) is 11.6 Å². The largest absolute Gasteiger partial charge is 0.310 e. The maximum absolute atomic E-state index is 13.7. The minimum absolute atomic E-state index is 0.0970. The molecule has 0 bridgehead atoms. The lowest BCUT2D eigenvalue weighted by Gasteiger charge is -2.24. The van der Waals surface area contributed by atoms with Crippen LogP contribution in [0.1, 0.15) is 29.2 Å². The van der Waals surface area contributed by atoms with Crippen LogP contribution in [0.3, 0.4) is 0 Å².